The summed E-state index contributed by atoms with van der Waals surface area (Å²) in [4.78, 5) is 89.2. The first-order valence-corrected chi connectivity index (χ1v) is 19.6. The van der Waals surface area contributed by atoms with Crippen LogP contribution in [0.3, 0.4) is 0 Å². The number of benzene rings is 2. The average molecular weight is 756 g/mol. The van der Waals surface area contributed by atoms with Crippen LogP contribution in [0.2, 0.25) is 0 Å². The number of fused-ring (bicyclic) bond motifs is 3. The summed E-state index contributed by atoms with van der Waals surface area (Å²) < 4.78 is 5.92. The number of carboxylic acids is 1. The minimum absolute atomic E-state index is 0.117. The molecule has 55 heavy (non-hydrogen) atoms. The van der Waals surface area contributed by atoms with Crippen molar-refractivity contribution in [3.63, 3.8) is 0 Å². The number of carboxylic acid groups (broad SMARTS) is 1. The molecule has 15 nitrogen and oxygen atoms in total. The third-order valence-corrected chi connectivity index (χ3v) is 12.6. The van der Waals surface area contributed by atoms with Gasteiger partial charge in [-0.1, -0.05) is 48.5 Å². The van der Waals surface area contributed by atoms with E-state index in [0.29, 0.717) is 58.2 Å². The van der Waals surface area contributed by atoms with Crippen LogP contribution < -0.4 is 11.5 Å². The second-order valence-corrected chi connectivity index (χ2v) is 15.9. The van der Waals surface area contributed by atoms with Crippen molar-refractivity contribution in [1.82, 2.24) is 24.5 Å². The number of aliphatic carboxylic acids is 1. The molecule has 0 spiro atoms. The quantitative estimate of drug-likeness (QED) is 0.370. The van der Waals surface area contributed by atoms with Crippen molar-refractivity contribution in [3.8, 4) is 11.1 Å². The van der Waals surface area contributed by atoms with E-state index in [2.05, 4.69) is 12.1 Å². The lowest BCUT2D eigenvalue weighted by molar-refractivity contribution is -0.154. The number of carbonyl (C=O) groups is 6. The minimum atomic E-state index is -1.08. The Bertz CT molecular complexity index is 1840. The van der Waals surface area contributed by atoms with Crippen molar-refractivity contribution in [3.05, 3.63) is 59.7 Å². The Balaban J connectivity index is 0.940. The van der Waals surface area contributed by atoms with Crippen LogP contribution in [-0.4, -0.2) is 147 Å². The number of nitrogens with two attached hydrogens (primary N) is 2. The summed E-state index contributed by atoms with van der Waals surface area (Å²) >= 11 is 0. The second-order valence-electron chi connectivity index (χ2n) is 15.9. The van der Waals surface area contributed by atoms with Crippen molar-refractivity contribution in [2.24, 2.45) is 11.5 Å². The molecule has 7 atom stereocenters. The lowest BCUT2D eigenvalue weighted by Gasteiger charge is -2.36. The van der Waals surface area contributed by atoms with Crippen molar-refractivity contribution in [2.45, 2.75) is 99.6 Å². The summed E-state index contributed by atoms with van der Waals surface area (Å²) in [6, 6.07) is 10.8. The maximum absolute atomic E-state index is 14.4. The highest BCUT2D eigenvalue weighted by atomic mass is 16.6. The Hall–Kier alpha value is -5.02. The van der Waals surface area contributed by atoms with Crippen LogP contribution in [0.5, 0.6) is 0 Å². The molecule has 1 aliphatic carbocycles. The predicted molar refractivity (Wildman–Crippen MR) is 198 cm³/mol. The van der Waals surface area contributed by atoms with E-state index in [4.69, 9.17) is 16.2 Å². The van der Waals surface area contributed by atoms with Crippen molar-refractivity contribution in [1.29, 1.82) is 0 Å². The monoisotopic (exact) mass is 755 g/mol. The standard InChI is InChI=1S/C40H49N7O8/c41-23-18-33(37(50)43-15-5-12-30(43)35(48)46-20-24(42)19-34(46)38(51)44-16-7-14-32(44)39(52)53)47(21-23)36(49)31-13-6-17-45(31)40(54)55-22-29-27-10-3-1-8-25(27)26-9-2-4-11-28(26)29/h1-4,8-11,23-24,29-34H,5-7,12-22,41-42H2,(H,52,53)/t23-,24-,30-,31-,32-,33-,34-/m0/s1. The molecule has 5 amide bonds. The molecule has 5 fully saturated rings. The van der Waals surface area contributed by atoms with E-state index in [-0.39, 0.29) is 50.3 Å². The van der Waals surface area contributed by atoms with Crippen LogP contribution in [0.4, 0.5) is 4.79 Å². The molecule has 2 aromatic carbocycles. The van der Waals surface area contributed by atoms with E-state index >= 15 is 0 Å². The van der Waals surface area contributed by atoms with Gasteiger partial charge in [-0.15, -0.1) is 0 Å². The second kappa shape index (κ2) is 14.9. The first-order valence-electron chi connectivity index (χ1n) is 19.6. The fourth-order valence-electron chi connectivity index (χ4n) is 9.95. The number of rotatable bonds is 7. The zero-order valence-corrected chi connectivity index (χ0v) is 30.8. The topological polar surface area (TPSA) is 200 Å². The Morgan fingerprint density at radius 1 is 0.582 bits per heavy atom. The van der Waals surface area contributed by atoms with Crippen LogP contribution in [0.25, 0.3) is 11.1 Å². The van der Waals surface area contributed by atoms with Gasteiger partial charge in [-0.25, -0.2) is 9.59 Å². The maximum Gasteiger partial charge on any atom is 0.410 e. The zero-order valence-electron chi connectivity index (χ0n) is 30.8. The van der Waals surface area contributed by atoms with Gasteiger partial charge in [0.15, 0.2) is 0 Å². The van der Waals surface area contributed by atoms with Gasteiger partial charge in [0.2, 0.25) is 23.6 Å². The van der Waals surface area contributed by atoms with Gasteiger partial charge in [-0.05, 0) is 73.6 Å². The fourth-order valence-corrected chi connectivity index (χ4v) is 9.95. The molecule has 5 heterocycles. The number of likely N-dealkylation sites (tertiary alicyclic amines) is 5. The lowest BCUT2D eigenvalue weighted by Crippen LogP contribution is -2.58. The third kappa shape index (κ3) is 6.60. The molecule has 6 aliphatic rings. The molecule has 2 aromatic rings. The number of hydrogen-bond donors (Lipinski definition) is 3. The van der Waals surface area contributed by atoms with Gasteiger partial charge < -0.3 is 40.9 Å². The lowest BCUT2D eigenvalue weighted by atomic mass is 9.98. The molecular weight excluding hydrogens is 706 g/mol. The van der Waals surface area contributed by atoms with E-state index in [0.717, 1.165) is 22.3 Å². The van der Waals surface area contributed by atoms with E-state index in [1.165, 1.54) is 24.5 Å². The summed E-state index contributed by atoms with van der Waals surface area (Å²) in [6.07, 6.45) is 2.70. The summed E-state index contributed by atoms with van der Waals surface area (Å²) in [5.74, 6) is -2.80. The molecule has 5 saturated heterocycles. The number of nitrogens with zero attached hydrogens (tertiary/aromatic N) is 5. The largest absolute Gasteiger partial charge is 0.480 e. The molecule has 15 heteroatoms. The van der Waals surface area contributed by atoms with Crippen LogP contribution in [0.15, 0.2) is 48.5 Å². The van der Waals surface area contributed by atoms with Gasteiger partial charge in [-0.2, -0.15) is 0 Å². The smallest absolute Gasteiger partial charge is 0.410 e. The SMILES string of the molecule is N[C@H]1C[C@@H](C(=O)N2CCC[C@H]2C(=O)N2C[C@@H](N)C[C@H]2C(=O)N2CCC[C@H]2C(=O)O)N(C(=O)[C@@H]2CCCN2C(=O)OCC2c3ccccc3-c3ccccc32)C1. The number of hydrogen-bond acceptors (Lipinski definition) is 9. The van der Waals surface area contributed by atoms with E-state index < -0.39 is 66.2 Å². The highest BCUT2D eigenvalue weighted by Crippen LogP contribution is 2.44. The zero-order chi connectivity index (χ0) is 38.5. The average Bonchev–Trinajstić information content (AvgIpc) is 4.04. The van der Waals surface area contributed by atoms with Gasteiger partial charge in [-0.3, -0.25) is 24.1 Å². The Kier molecular flexibility index (Phi) is 10.0. The highest BCUT2D eigenvalue weighted by Gasteiger charge is 2.51. The molecule has 0 radical (unpaired) electrons. The Labute approximate surface area is 319 Å². The van der Waals surface area contributed by atoms with Crippen LogP contribution >= 0.6 is 0 Å². The number of amides is 5. The van der Waals surface area contributed by atoms with Crippen molar-refractivity contribution in [2.75, 3.05) is 39.3 Å². The fraction of sp³-hybridized carbons (Fsp3) is 0.550. The molecule has 8 rings (SSSR count). The van der Waals surface area contributed by atoms with E-state index in [1.807, 2.05) is 36.4 Å². The molecule has 5 N–H and O–H groups in total. The van der Waals surface area contributed by atoms with Gasteiger partial charge in [0, 0.05) is 50.7 Å². The predicted octanol–water partition coefficient (Wildman–Crippen LogP) is 1.32. The van der Waals surface area contributed by atoms with Gasteiger partial charge in [0.1, 0.15) is 36.8 Å². The summed E-state index contributed by atoms with van der Waals surface area (Å²) in [7, 11) is 0. The molecule has 0 unspecified atom stereocenters. The minimum Gasteiger partial charge on any atom is -0.480 e. The van der Waals surface area contributed by atoms with E-state index in [9.17, 15) is 33.9 Å². The van der Waals surface area contributed by atoms with Gasteiger partial charge >= 0.3 is 12.1 Å². The molecule has 292 valence electrons. The highest BCUT2D eigenvalue weighted by molar-refractivity contribution is 5.97. The van der Waals surface area contributed by atoms with Crippen LogP contribution in [-0.2, 0) is 28.7 Å². The molecule has 0 saturated carbocycles. The molecule has 5 aliphatic heterocycles. The van der Waals surface area contributed by atoms with Crippen LogP contribution in [0, 0.1) is 0 Å². The first kappa shape index (κ1) is 36.9. The maximum atomic E-state index is 14.4. The Morgan fingerprint density at radius 3 is 1.51 bits per heavy atom. The first-order chi connectivity index (χ1) is 26.5. The van der Waals surface area contributed by atoms with E-state index in [1.54, 1.807) is 0 Å². The van der Waals surface area contributed by atoms with Crippen molar-refractivity contribution < 1.29 is 38.6 Å². The van der Waals surface area contributed by atoms with Crippen molar-refractivity contribution >= 4 is 35.7 Å². The molecular formula is C40H49N7O8. The normalized spacial score (nSPS) is 28.8. The molecule has 0 aromatic heterocycles. The summed E-state index contributed by atoms with van der Waals surface area (Å²) in [5, 5.41) is 9.68. The van der Waals surface area contributed by atoms with Crippen LogP contribution in [0.1, 0.15) is 68.4 Å². The van der Waals surface area contributed by atoms with Gasteiger partial charge in [0.25, 0.3) is 0 Å². The summed E-state index contributed by atoms with van der Waals surface area (Å²) in [5.41, 5.74) is 17.1. The Morgan fingerprint density at radius 2 is 1.00 bits per heavy atom. The summed E-state index contributed by atoms with van der Waals surface area (Å²) in [6.45, 7) is 1.31. The number of carbonyl (C=O) groups excluding carboxylic acids is 5. The third-order valence-electron chi connectivity index (χ3n) is 12.6. The number of ether oxygens (including phenoxy) is 1. The molecule has 0 bridgehead atoms. The van der Waals surface area contributed by atoms with Gasteiger partial charge in [0.05, 0.1) is 0 Å².